The SMILES string of the molecule is Cc1ccc2cc(C(=O)N3CCOC[C@H]3C(=O)O)c(C)nc2c1. The molecule has 1 saturated heterocycles. The number of amides is 1. The zero-order valence-corrected chi connectivity index (χ0v) is 13.1. The van der Waals surface area contributed by atoms with Crippen LogP contribution in [0.25, 0.3) is 10.9 Å². The van der Waals surface area contributed by atoms with Crippen LogP contribution in [0.15, 0.2) is 24.3 Å². The molecule has 1 amide bonds. The zero-order valence-electron chi connectivity index (χ0n) is 13.1. The number of aromatic nitrogens is 1. The zero-order chi connectivity index (χ0) is 16.6. The first kappa shape index (κ1) is 15.4. The molecule has 6 heteroatoms. The van der Waals surface area contributed by atoms with Crippen molar-refractivity contribution in [2.45, 2.75) is 19.9 Å². The molecule has 0 unspecified atom stereocenters. The molecule has 1 fully saturated rings. The summed E-state index contributed by atoms with van der Waals surface area (Å²) in [4.78, 5) is 30.0. The molecule has 1 aromatic heterocycles. The minimum atomic E-state index is -1.06. The molecule has 0 bridgehead atoms. The number of nitrogens with zero attached hydrogens (tertiary/aromatic N) is 2. The second-order valence-electron chi connectivity index (χ2n) is 5.74. The molecular weight excluding hydrogens is 296 g/mol. The van der Waals surface area contributed by atoms with E-state index in [4.69, 9.17) is 4.74 Å². The molecule has 1 aliphatic rings. The van der Waals surface area contributed by atoms with Crippen LogP contribution in [0.1, 0.15) is 21.6 Å². The van der Waals surface area contributed by atoms with Crippen molar-refractivity contribution in [3.05, 3.63) is 41.1 Å². The molecule has 1 aromatic carbocycles. The summed E-state index contributed by atoms with van der Waals surface area (Å²) in [5.41, 5.74) is 2.97. The predicted octanol–water partition coefficient (Wildman–Crippen LogP) is 1.78. The summed E-state index contributed by atoms with van der Waals surface area (Å²) in [7, 11) is 0. The minimum Gasteiger partial charge on any atom is -0.480 e. The van der Waals surface area contributed by atoms with Crippen LogP contribution >= 0.6 is 0 Å². The van der Waals surface area contributed by atoms with E-state index in [0.717, 1.165) is 16.5 Å². The van der Waals surface area contributed by atoms with Gasteiger partial charge in [0, 0.05) is 11.9 Å². The van der Waals surface area contributed by atoms with Crippen LogP contribution in [0, 0.1) is 13.8 Å². The number of hydrogen-bond donors (Lipinski definition) is 1. The average molecular weight is 314 g/mol. The van der Waals surface area contributed by atoms with Crippen molar-refractivity contribution in [3.63, 3.8) is 0 Å². The van der Waals surface area contributed by atoms with Gasteiger partial charge in [-0.15, -0.1) is 0 Å². The number of rotatable bonds is 2. The number of hydrogen-bond acceptors (Lipinski definition) is 4. The number of ether oxygens (including phenoxy) is 1. The Morgan fingerprint density at radius 2 is 2.09 bits per heavy atom. The number of aryl methyl sites for hydroxylation is 2. The van der Waals surface area contributed by atoms with Crippen molar-refractivity contribution in [1.82, 2.24) is 9.88 Å². The molecule has 2 aromatic rings. The minimum absolute atomic E-state index is 0.0142. The van der Waals surface area contributed by atoms with Gasteiger partial charge in [0.1, 0.15) is 0 Å². The number of benzene rings is 1. The van der Waals surface area contributed by atoms with Crippen LogP contribution in [0.4, 0.5) is 0 Å². The van der Waals surface area contributed by atoms with Gasteiger partial charge in [0.2, 0.25) is 0 Å². The highest BCUT2D eigenvalue weighted by Crippen LogP contribution is 2.21. The first-order valence-electron chi connectivity index (χ1n) is 7.47. The monoisotopic (exact) mass is 314 g/mol. The molecule has 1 N–H and O–H groups in total. The first-order valence-corrected chi connectivity index (χ1v) is 7.47. The van der Waals surface area contributed by atoms with Crippen molar-refractivity contribution >= 4 is 22.8 Å². The standard InChI is InChI=1S/C17H18N2O4/c1-10-3-4-12-8-13(11(2)18-14(12)7-10)16(20)19-5-6-23-9-15(19)17(21)22/h3-4,7-8,15H,5-6,9H2,1-2H3,(H,21,22)/t15-/m0/s1. The molecule has 23 heavy (non-hydrogen) atoms. The summed E-state index contributed by atoms with van der Waals surface area (Å²) in [6.07, 6.45) is 0. The third kappa shape index (κ3) is 2.90. The Kier molecular flexibility index (Phi) is 4.00. The molecular formula is C17H18N2O4. The molecule has 120 valence electrons. The van der Waals surface area contributed by atoms with Gasteiger partial charge in [-0.25, -0.2) is 4.79 Å². The molecule has 1 aliphatic heterocycles. The number of carbonyl (C=O) groups excluding carboxylic acids is 1. The van der Waals surface area contributed by atoms with Gasteiger partial charge < -0.3 is 14.7 Å². The molecule has 0 radical (unpaired) electrons. The Morgan fingerprint density at radius 1 is 1.30 bits per heavy atom. The van der Waals surface area contributed by atoms with E-state index in [2.05, 4.69) is 4.98 Å². The Hall–Kier alpha value is -2.47. The third-order valence-electron chi connectivity index (χ3n) is 4.07. The van der Waals surface area contributed by atoms with Crippen molar-refractivity contribution < 1.29 is 19.4 Å². The van der Waals surface area contributed by atoms with Gasteiger partial charge in [-0.2, -0.15) is 0 Å². The van der Waals surface area contributed by atoms with Crippen molar-refractivity contribution in [3.8, 4) is 0 Å². The highest BCUT2D eigenvalue weighted by Gasteiger charge is 2.34. The Morgan fingerprint density at radius 3 is 2.83 bits per heavy atom. The normalized spacial score (nSPS) is 18.2. The lowest BCUT2D eigenvalue weighted by Crippen LogP contribution is -2.52. The van der Waals surface area contributed by atoms with E-state index in [1.54, 1.807) is 13.0 Å². The average Bonchev–Trinajstić information content (AvgIpc) is 2.53. The number of carboxylic acids is 1. The quantitative estimate of drug-likeness (QED) is 0.914. The van der Waals surface area contributed by atoms with Crippen LogP contribution in [0.2, 0.25) is 0 Å². The predicted molar refractivity (Wildman–Crippen MR) is 84.5 cm³/mol. The lowest BCUT2D eigenvalue weighted by molar-refractivity contribution is -0.147. The number of carboxylic acid groups (broad SMARTS) is 1. The number of carbonyl (C=O) groups is 2. The van der Waals surface area contributed by atoms with E-state index < -0.39 is 12.0 Å². The van der Waals surface area contributed by atoms with E-state index >= 15 is 0 Å². The Balaban J connectivity index is 2.01. The molecule has 1 atom stereocenters. The van der Waals surface area contributed by atoms with Crippen molar-refractivity contribution in [1.29, 1.82) is 0 Å². The van der Waals surface area contributed by atoms with Gasteiger partial charge >= 0.3 is 5.97 Å². The van der Waals surface area contributed by atoms with E-state index in [-0.39, 0.29) is 19.1 Å². The Bertz CT molecular complexity index is 788. The maximum atomic E-state index is 12.8. The number of morpholine rings is 1. The second-order valence-corrected chi connectivity index (χ2v) is 5.74. The summed E-state index contributed by atoms with van der Waals surface area (Å²) in [5.74, 6) is -1.37. The smallest absolute Gasteiger partial charge is 0.328 e. The fourth-order valence-electron chi connectivity index (χ4n) is 2.80. The van der Waals surface area contributed by atoms with Gasteiger partial charge in [0.25, 0.3) is 5.91 Å². The lowest BCUT2D eigenvalue weighted by Gasteiger charge is -2.33. The fourth-order valence-corrected chi connectivity index (χ4v) is 2.80. The number of fused-ring (bicyclic) bond motifs is 1. The van der Waals surface area contributed by atoms with Crippen LogP contribution in [-0.2, 0) is 9.53 Å². The maximum absolute atomic E-state index is 12.8. The molecule has 0 saturated carbocycles. The van der Waals surface area contributed by atoms with E-state index in [9.17, 15) is 14.7 Å². The van der Waals surface area contributed by atoms with Crippen LogP contribution in [0.3, 0.4) is 0 Å². The van der Waals surface area contributed by atoms with E-state index in [1.165, 1.54) is 4.90 Å². The van der Waals surface area contributed by atoms with E-state index in [0.29, 0.717) is 17.9 Å². The van der Waals surface area contributed by atoms with Gasteiger partial charge in [-0.1, -0.05) is 12.1 Å². The summed E-state index contributed by atoms with van der Waals surface area (Å²) in [6, 6.07) is 6.67. The highest BCUT2D eigenvalue weighted by molar-refractivity contribution is 6.00. The van der Waals surface area contributed by atoms with Crippen LogP contribution < -0.4 is 0 Å². The first-order chi connectivity index (χ1) is 11.0. The number of pyridine rings is 1. The molecule has 6 nitrogen and oxygen atoms in total. The molecule has 0 spiro atoms. The Labute approximate surface area is 133 Å². The third-order valence-corrected chi connectivity index (χ3v) is 4.07. The van der Waals surface area contributed by atoms with Gasteiger partial charge in [-0.05, 0) is 31.5 Å². The van der Waals surface area contributed by atoms with Crippen LogP contribution in [0.5, 0.6) is 0 Å². The van der Waals surface area contributed by atoms with Gasteiger partial charge in [0.15, 0.2) is 6.04 Å². The summed E-state index contributed by atoms with van der Waals surface area (Å²) < 4.78 is 5.18. The summed E-state index contributed by atoms with van der Waals surface area (Å²) >= 11 is 0. The van der Waals surface area contributed by atoms with E-state index in [1.807, 2.05) is 25.1 Å². The second kappa shape index (κ2) is 5.96. The molecule has 2 heterocycles. The molecule has 3 rings (SSSR count). The van der Waals surface area contributed by atoms with Crippen LogP contribution in [-0.4, -0.2) is 52.7 Å². The number of aliphatic carboxylic acids is 1. The highest BCUT2D eigenvalue weighted by atomic mass is 16.5. The summed E-state index contributed by atoms with van der Waals surface area (Å²) in [5, 5.41) is 10.2. The van der Waals surface area contributed by atoms with Crippen molar-refractivity contribution in [2.75, 3.05) is 19.8 Å². The van der Waals surface area contributed by atoms with Gasteiger partial charge in [0.05, 0.1) is 30.0 Å². The van der Waals surface area contributed by atoms with Crippen molar-refractivity contribution in [2.24, 2.45) is 0 Å². The topological polar surface area (TPSA) is 79.7 Å². The summed E-state index contributed by atoms with van der Waals surface area (Å²) in [6.45, 7) is 4.38. The maximum Gasteiger partial charge on any atom is 0.328 e. The fraction of sp³-hybridized carbons (Fsp3) is 0.353. The molecule has 0 aliphatic carbocycles. The lowest BCUT2D eigenvalue weighted by atomic mass is 10.1. The van der Waals surface area contributed by atoms with Gasteiger partial charge in [-0.3, -0.25) is 9.78 Å². The largest absolute Gasteiger partial charge is 0.480 e.